The lowest BCUT2D eigenvalue weighted by molar-refractivity contribution is 0.0529. The van der Waals surface area contributed by atoms with Crippen LogP contribution in [0.25, 0.3) is 0 Å². The molecule has 0 unspecified atom stereocenters. The lowest BCUT2D eigenvalue weighted by Gasteiger charge is -2.19. The van der Waals surface area contributed by atoms with E-state index in [1.807, 2.05) is 0 Å². The normalized spacial score (nSPS) is 12.9. The third kappa shape index (κ3) is 10.9. The highest BCUT2D eigenvalue weighted by Gasteiger charge is 2.17. The highest BCUT2D eigenvalue weighted by Crippen LogP contribution is 2.09. The highest BCUT2D eigenvalue weighted by molar-refractivity contribution is 6.64. The van der Waals surface area contributed by atoms with Gasteiger partial charge >= 0.3 is 13.1 Å². The average molecular weight is 238 g/mol. The summed E-state index contributed by atoms with van der Waals surface area (Å²) in [5.74, 6) is 0.205. The fraction of sp³-hybridized carbons (Fsp3) is 0.667. The van der Waals surface area contributed by atoms with Gasteiger partial charge in [-0.1, -0.05) is 0 Å². The molecule has 0 atom stereocenters. The van der Waals surface area contributed by atoms with Gasteiger partial charge in [0.25, 0.3) is 0 Å². The number of hydrogen-bond donors (Lipinski definition) is 1. The van der Waals surface area contributed by atoms with Crippen molar-refractivity contribution in [3.05, 3.63) is 12.1 Å². The first-order chi connectivity index (χ1) is 7.10. The minimum atomic E-state index is -4.88. The molecular formula is C9H16BF3NO2-. The first-order valence-corrected chi connectivity index (χ1v) is 4.95. The van der Waals surface area contributed by atoms with Crippen LogP contribution in [0.15, 0.2) is 12.1 Å². The van der Waals surface area contributed by atoms with Crippen LogP contribution in [0.1, 0.15) is 27.2 Å². The molecule has 0 aliphatic rings. The van der Waals surface area contributed by atoms with Crippen molar-refractivity contribution in [2.75, 3.05) is 6.54 Å². The summed E-state index contributed by atoms with van der Waals surface area (Å²) < 4.78 is 40.1. The number of nitrogens with one attached hydrogen (secondary N) is 1. The summed E-state index contributed by atoms with van der Waals surface area (Å²) >= 11 is 0. The molecule has 0 aliphatic carbocycles. The van der Waals surface area contributed by atoms with Crippen LogP contribution in [0.2, 0.25) is 0 Å². The van der Waals surface area contributed by atoms with Gasteiger partial charge in [-0.2, -0.15) is 0 Å². The van der Waals surface area contributed by atoms with E-state index in [0.29, 0.717) is 0 Å². The minimum Gasteiger partial charge on any atom is -0.445 e. The second-order valence-electron chi connectivity index (χ2n) is 4.27. The molecular weight excluding hydrogens is 222 g/mol. The molecule has 1 amide bonds. The van der Waals surface area contributed by atoms with Crippen molar-refractivity contribution in [2.24, 2.45) is 0 Å². The lowest BCUT2D eigenvalue weighted by Crippen LogP contribution is -2.32. The second kappa shape index (κ2) is 5.82. The summed E-state index contributed by atoms with van der Waals surface area (Å²) in [5, 5.41) is 2.35. The van der Waals surface area contributed by atoms with E-state index >= 15 is 0 Å². The van der Waals surface area contributed by atoms with E-state index in [9.17, 15) is 17.7 Å². The zero-order chi connectivity index (χ0) is 12.8. The molecule has 94 valence electrons. The molecule has 3 nitrogen and oxygen atoms in total. The molecule has 0 spiro atoms. The largest absolute Gasteiger partial charge is 0.502 e. The van der Waals surface area contributed by atoms with Gasteiger partial charge in [0.05, 0.1) is 0 Å². The molecule has 0 fully saturated rings. The minimum absolute atomic E-state index is 0.123. The van der Waals surface area contributed by atoms with E-state index in [-0.39, 0.29) is 18.9 Å². The van der Waals surface area contributed by atoms with Gasteiger partial charge in [-0.25, -0.2) is 4.79 Å². The summed E-state index contributed by atoms with van der Waals surface area (Å²) in [6, 6.07) is 0. The van der Waals surface area contributed by atoms with Gasteiger partial charge in [-0.05, 0) is 27.2 Å². The van der Waals surface area contributed by atoms with Crippen LogP contribution in [0.3, 0.4) is 0 Å². The van der Waals surface area contributed by atoms with Crippen LogP contribution >= 0.6 is 0 Å². The van der Waals surface area contributed by atoms with Crippen LogP contribution < -0.4 is 5.32 Å². The first-order valence-electron chi connectivity index (χ1n) is 4.95. The van der Waals surface area contributed by atoms with E-state index in [1.54, 1.807) is 20.8 Å². The number of carbonyl (C=O) groups excluding carboxylic acids is 1. The fourth-order valence-electron chi connectivity index (χ4n) is 0.822. The fourth-order valence-corrected chi connectivity index (χ4v) is 0.822. The van der Waals surface area contributed by atoms with Crippen LogP contribution in [0.4, 0.5) is 17.7 Å². The molecule has 0 aromatic carbocycles. The van der Waals surface area contributed by atoms with E-state index in [0.717, 1.165) is 6.08 Å². The third-order valence-electron chi connectivity index (χ3n) is 1.33. The number of rotatable bonds is 4. The Kier molecular flexibility index (Phi) is 5.40. The summed E-state index contributed by atoms with van der Waals surface area (Å²) in [5.41, 5.74) is -0.602. The molecule has 0 aromatic rings. The summed E-state index contributed by atoms with van der Waals surface area (Å²) in [6.07, 6.45) is 0.483. The maximum atomic E-state index is 11.7. The van der Waals surface area contributed by atoms with E-state index < -0.39 is 18.7 Å². The number of ether oxygens (including phenoxy) is 1. The van der Waals surface area contributed by atoms with Crippen LogP contribution in [0, 0.1) is 0 Å². The monoisotopic (exact) mass is 238 g/mol. The van der Waals surface area contributed by atoms with Crippen molar-refractivity contribution >= 4 is 13.1 Å². The van der Waals surface area contributed by atoms with Crippen molar-refractivity contribution < 1.29 is 22.5 Å². The van der Waals surface area contributed by atoms with Gasteiger partial charge in [0.1, 0.15) is 5.60 Å². The zero-order valence-corrected chi connectivity index (χ0v) is 9.60. The molecule has 0 radical (unpaired) electrons. The number of halogens is 3. The van der Waals surface area contributed by atoms with Crippen LogP contribution in [-0.2, 0) is 4.74 Å². The Hall–Kier alpha value is -1.14. The van der Waals surface area contributed by atoms with Gasteiger partial charge in [-0.15, -0.1) is 12.1 Å². The summed E-state index contributed by atoms with van der Waals surface area (Å²) in [6.45, 7) is 0.360. The summed E-state index contributed by atoms with van der Waals surface area (Å²) in [7, 11) is 0. The molecule has 1 N–H and O–H groups in total. The van der Waals surface area contributed by atoms with E-state index in [4.69, 9.17) is 4.74 Å². The molecule has 0 rings (SSSR count). The SMILES string of the molecule is CC(C)(C)OC(=O)NCC/C=C/[B-](F)(F)F. The molecule has 16 heavy (non-hydrogen) atoms. The van der Waals surface area contributed by atoms with Crippen LogP contribution in [0.5, 0.6) is 0 Å². The Balaban J connectivity index is 3.68. The predicted octanol–water partition coefficient (Wildman–Crippen LogP) is 2.84. The molecule has 0 saturated heterocycles. The molecule has 7 heteroatoms. The average Bonchev–Trinajstić information content (AvgIpc) is 1.97. The number of carbonyl (C=O) groups is 1. The van der Waals surface area contributed by atoms with Gasteiger partial charge in [0, 0.05) is 6.54 Å². The van der Waals surface area contributed by atoms with Crippen molar-refractivity contribution in [1.29, 1.82) is 0 Å². The van der Waals surface area contributed by atoms with Crippen molar-refractivity contribution in [1.82, 2.24) is 5.32 Å². The Morgan fingerprint density at radius 1 is 1.38 bits per heavy atom. The highest BCUT2D eigenvalue weighted by atomic mass is 19.4. The van der Waals surface area contributed by atoms with Crippen molar-refractivity contribution in [3.63, 3.8) is 0 Å². The van der Waals surface area contributed by atoms with Gasteiger partial charge in [-0.3, -0.25) is 0 Å². The summed E-state index contributed by atoms with van der Waals surface area (Å²) in [4.78, 5) is 11.0. The quantitative estimate of drug-likeness (QED) is 0.604. The number of hydrogen-bond acceptors (Lipinski definition) is 2. The Bertz CT molecular complexity index is 258. The molecule has 0 bridgehead atoms. The van der Waals surface area contributed by atoms with Crippen molar-refractivity contribution in [2.45, 2.75) is 32.8 Å². The van der Waals surface area contributed by atoms with Gasteiger partial charge < -0.3 is 23.0 Å². The molecule has 0 aliphatic heterocycles. The zero-order valence-electron chi connectivity index (χ0n) is 9.60. The smallest absolute Gasteiger partial charge is 0.445 e. The maximum absolute atomic E-state index is 11.7. The number of amides is 1. The van der Waals surface area contributed by atoms with Gasteiger partial charge in [0.2, 0.25) is 0 Å². The van der Waals surface area contributed by atoms with Crippen molar-refractivity contribution in [3.8, 4) is 0 Å². The van der Waals surface area contributed by atoms with E-state index in [1.165, 1.54) is 0 Å². The first kappa shape index (κ1) is 14.9. The Labute approximate surface area is 93.1 Å². The number of alkyl carbamates (subject to hydrolysis) is 1. The van der Waals surface area contributed by atoms with E-state index in [2.05, 4.69) is 5.32 Å². The molecule has 0 heterocycles. The Morgan fingerprint density at radius 2 is 1.94 bits per heavy atom. The standard InChI is InChI=1S/C9H16BF3NO2/c1-9(2,3)16-8(15)14-7-5-4-6-10(11,12)13/h4,6H,5,7H2,1-3H3,(H,14,15)/q-1/b6-4+. The molecule has 0 aromatic heterocycles. The lowest BCUT2D eigenvalue weighted by atomic mass is 9.91. The predicted molar refractivity (Wildman–Crippen MR) is 57.1 cm³/mol. The second-order valence-corrected chi connectivity index (χ2v) is 4.27. The third-order valence-corrected chi connectivity index (χ3v) is 1.33. The topological polar surface area (TPSA) is 38.3 Å². The molecule has 0 saturated carbocycles. The Morgan fingerprint density at radius 3 is 2.38 bits per heavy atom. The van der Waals surface area contributed by atoms with Crippen LogP contribution in [-0.4, -0.2) is 25.2 Å². The maximum Gasteiger partial charge on any atom is 0.502 e. The van der Waals surface area contributed by atoms with Gasteiger partial charge in [0.15, 0.2) is 0 Å².